The van der Waals surface area contributed by atoms with Crippen LogP contribution in [0, 0.1) is 27.7 Å². The molecular weight excluding hydrogens is 427 g/mol. The molecule has 4 nitrogen and oxygen atoms in total. The fourth-order valence-corrected chi connectivity index (χ4v) is 3.27. The maximum Gasteiger partial charge on any atom is 0.206 e. The first-order valence-electron chi connectivity index (χ1n) is 11.2. The van der Waals surface area contributed by atoms with E-state index in [2.05, 4.69) is 42.9 Å². The number of hydrogen-bond donors (Lipinski definition) is 2. The zero-order valence-electron chi connectivity index (χ0n) is 21.0. The Labute approximate surface area is 219 Å². The number of rotatable bonds is 4. The van der Waals surface area contributed by atoms with E-state index in [1.165, 1.54) is 22.3 Å². The van der Waals surface area contributed by atoms with Crippen molar-refractivity contribution in [2.45, 2.75) is 27.7 Å². The Morgan fingerprint density at radius 1 is 0.714 bits per heavy atom. The smallest absolute Gasteiger partial charge is 0.206 e. The molecule has 4 aromatic rings. The molecule has 0 saturated carbocycles. The third-order valence-corrected chi connectivity index (χ3v) is 5.76. The average Bonchev–Trinajstić information content (AvgIpc) is 2.83. The van der Waals surface area contributed by atoms with E-state index < -0.39 is 0 Å². The van der Waals surface area contributed by atoms with Crippen LogP contribution >= 0.6 is 0 Å². The number of nitrogens with one attached hydrogen (secondary N) is 1. The molecule has 2 radical (unpaired) electrons. The summed E-state index contributed by atoms with van der Waals surface area (Å²) in [5, 5.41) is 21.1. The van der Waals surface area contributed by atoms with Gasteiger partial charge < -0.3 is 29.1 Å². The van der Waals surface area contributed by atoms with Crippen LogP contribution < -0.4 is 10.1 Å². The van der Waals surface area contributed by atoms with Gasteiger partial charge in [0.05, 0.1) is 5.69 Å². The summed E-state index contributed by atoms with van der Waals surface area (Å²) in [6, 6.07) is 26.2. The fourth-order valence-electron chi connectivity index (χ4n) is 3.27. The van der Waals surface area contributed by atoms with Gasteiger partial charge in [0.15, 0.2) is 6.21 Å². The van der Waals surface area contributed by atoms with Crippen LogP contribution in [0.5, 0.6) is 11.5 Å². The average molecular weight is 458 g/mol. The van der Waals surface area contributed by atoms with Crippen molar-refractivity contribution in [2.24, 2.45) is 4.99 Å². The second kappa shape index (κ2) is 13.3. The molecule has 0 aliphatic carbocycles. The van der Waals surface area contributed by atoms with Gasteiger partial charge in [-0.2, -0.15) is 0 Å². The quantitative estimate of drug-likeness (QED) is 0.348. The molecule has 35 heavy (non-hydrogen) atoms. The molecule has 0 spiro atoms. The van der Waals surface area contributed by atoms with Crippen LogP contribution in [0.2, 0.25) is 0 Å². The summed E-state index contributed by atoms with van der Waals surface area (Å²) >= 11 is 0. The van der Waals surface area contributed by atoms with Crippen LogP contribution in [0.3, 0.4) is 0 Å². The second-order valence-electron chi connectivity index (χ2n) is 8.11. The molecule has 0 aliphatic rings. The predicted octanol–water partition coefficient (Wildman–Crippen LogP) is 4.59. The number of phenolic OH excluding ortho intramolecular Hbond substituents is 1. The molecular formula is C30H30LiN2O2-. The van der Waals surface area contributed by atoms with Crippen LogP contribution in [0.1, 0.15) is 33.4 Å². The van der Waals surface area contributed by atoms with E-state index in [0.717, 1.165) is 16.9 Å². The van der Waals surface area contributed by atoms with E-state index in [-0.39, 0.29) is 30.4 Å². The van der Waals surface area contributed by atoms with Crippen LogP contribution in [0.25, 0.3) is 0 Å². The van der Waals surface area contributed by atoms with E-state index in [1.807, 2.05) is 49.4 Å². The Morgan fingerprint density at radius 3 is 2.00 bits per heavy atom. The summed E-state index contributed by atoms with van der Waals surface area (Å²) in [6.07, 6.45) is 3.45. The Kier molecular flexibility index (Phi) is 10.5. The zero-order valence-corrected chi connectivity index (χ0v) is 21.0. The fraction of sp³-hybridized carbons (Fsp3) is 0.133. The van der Waals surface area contributed by atoms with Gasteiger partial charge in [-0.05, 0) is 68.7 Å². The van der Waals surface area contributed by atoms with E-state index >= 15 is 0 Å². The number of aromatic hydroxyl groups is 1. The first-order chi connectivity index (χ1) is 16.4. The third-order valence-electron chi connectivity index (χ3n) is 5.76. The van der Waals surface area contributed by atoms with Crippen molar-refractivity contribution in [1.82, 2.24) is 0 Å². The van der Waals surface area contributed by atoms with Crippen LogP contribution in [0.4, 0.5) is 11.4 Å². The standard InChI is InChI=1S/2C15H15NO.Li/c2*1-11-6-5-8-14(12(11)2)16-10-13-7-3-4-9-15(13)17;/h2*3-10,17H,1-2H3;/q;;-1. The van der Waals surface area contributed by atoms with Gasteiger partial charge in [-0.3, -0.25) is 4.99 Å². The molecule has 0 aromatic heterocycles. The Balaban J connectivity index is 0.000000240. The zero-order chi connectivity index (χ0) is 24.5. The SMILES string of the molecule is Cc1cccc(N=Cc2ccccc2O)c1C.Cc1cccc([NH+]=Cc2ccccc2[O-])c1C.[Li-]. The van der Waals surface area contributed by atoms with Gasteiger partial charge in [-0.15, -0.1) is 0 Å². The number of benzene rings is 4. The van der Waals surface area contributed by atoms with Crippen LogP contribution in [-0.4, -0.2) is 36.4 Å². The topological polar surface area (TPSA) is 69.6 Å². The van der Waals surface area contributed by atoms with Crippen LogP contribution in [0.15, 0.2) is 89.9 Å². The van der Waals surface area contributed by atoms with Crippen molar-refractivity contribution in [3.05, 3.63) is 118 Å². The molecule has 0 unspecified atom stereocenters. The maximum atomic E-state index is 11.5. The van der Waals surface area contributed by atoms with Gasteiger partial charge in [0.1, 0.15) is 5.75 Å². The number of para-hydroxylation sites is 2. The molecule has 5 heteroatoms. The largest absolute Gasteiger partial charge is 1.00 e. The van der Waals surface area contributed by atoms with Gasteiger partial charge in [0.25, 0.3) is 0 Å². The monoisotopic (exact) mass is 457 g/mol. The molecule has 174 valence electrons. The van der Waals surface area contributed by atoms with Crippen molar-refractivity contribution >= 4 is 42.7 Å². The summed E-state index contributed by atoms with van der Waals surface area (Å²) in [5.41, 5.74) is 8.20. The van der Waals surface area contributed by atoms with E-state index in [0.29, 0.717) is 5.56 Å². The van der Waals surface area contributed by atoms with E-state index in [4.69, 9.17) is 0 Å². The Hall–Kier alpha value is -3.58. The molecule has 4 aromatic carbocycles. The van der Waals surface area contributed by atoms with Crippen molar-refractivity contribution < 1.29 is 15.2 Å². The number of phenols is 1. The molecule has 0 aliphatic heterocycles. The first-order valence-corrected chi connectivity index (χ1v) is 11.2. The molecule has 0 heterocycles. The number of nitrogens with zero attached hydrogens (tertiary/aromatic N) is 1. The van der Waals surface area contributed by atoms with Crippen LogP contribution in [-0.2, 0) is 0 Å². The van der Waals surface area contributed by atoms with Gasteiger partial charge >= 0.3 is 0 Å². The minimum atomic E-state index is 0. The summed E-state index contributed by atoms with van der Waals surface area (Å²) in [7, 11) is 0. The first kappa shape index (κ1) is 27.7. The van der Waals surface area contributed by atoms with Crippen molar-refractivity contribution in [2.75, 3.05) is 0 Å². The number of aryl methyl sites for hydroxylation is 2. The van der Waals surface area contributed by atoms with E-state index in [1.54, 1.807) is 42.8 Å². The van der Waals surface area contributed by atoms with Crippen molar-refractivity contribution in [3.8, 4) is 11.5 Å². The molecule has 0 fully saturated rings. The van der Waals surface area contributed by atoms with Gasteiger partial charge in [-0.1, -0.05) is 60.3 Å². The minimum Gasteiger partial charge on any atom is -1.00 e. The van der Waals surface area contributed by atoms with E-state index in [9.17, 15) is 10.2 Å². The van der Waals surface area contributed by atoms with Gasteiger partial charge in [0, 0.05) is 29.0 Å². The predicted molar refractivity (Wildman–Crippen MR) is 145 cm³/mol. The summed E-state index contributed by atoms with van der Waals surface area (Å²) < 4.78 is 0. The van der Waals surface area contributed by atoms with Gasteiger partial charge in [-0.25, -0.2) is 4.99 Å². The molecule has 4 rings (SSSR count). The minimum absolute atomic E-state index is 0. The Bertz CT molecular complexity index is 1230. The summed E-state index contributed by atoms with van der Waals surface area (Å²) in [5.74, 6) is 0.284. The van der Waals surface area contributed by atoms with Gasteiger partial charge in [0.2, 0.25) is 5.69 Å². The molecule has 0 bridgehead atoms. The maximum absolute atomic E-state index is 11.5. The summed E-state index contributed by atoms with van der Waals surface area (Å²) in [4.78, 5) is 7.60. The molecule has 2 N–H and O–H groups in total. The normalized spacial score (nSPS) is 10.6. The number of hydrogen-bond acceptors (Lipinski definition) is 3. The van der Waals surface area contributed by atoms with Crippen molar-refractivity contribution in [3.63, 3.8) is 0 Å². The number of aliphatic imine (C=N–C) groups is 1. The summed E-state index contributed by atoms with van der Waals surface area (Å²) in [6.45, 7) is 8.25. The molecule has 0 saturated heterocycles. The second-order valence-corrected chi connectivity index (χ2v) is 8.11. The van der Waals surface area contributed by atoms with Crippen molar-refractivity contribution in [1.29, 1.82) is 0 Å². The molecule has 0 amide bonds. The molecule has 0 atom stereocenters. The Morgan fingerprint density at radius 2 is 1.31 bits per heavy atom. The third kappa shape index (κ3) is 7.72.